The van der Waals surface area contributed by atoms with Crippen molar-refractivity contribution >= 4 is 39.1 Å². The number of aromatic nitrogens is 1. The normalized spacial score (nSPS) is 17.2. The average Bonchev–Trinajstić information content (AvgIpc) is 2.70. The monoisotopic (exact) mass is 441 g/mol. The van der Waals surface area contributed by atoms with E-state index in [2.05, 4.69) is 10.3 Å². The second kappa shape index (κ2) is 8.78. The van der Waals surface area contributed by atoms with Crippen molar-refractivity contribution in [2.75, 3.05) is 13.1 Å². The van der Waals surface area contributed by atoms with Crippen molar-refractivity contribution in [1.82, 2.24) is 14.6 Å². The Bertz CT molecular complexity index is 946. The number of halogens is 2. The molecule has 0 bridgehead atoms. The molecule has 1 aliphatic heterocycles. The quantitative estimate of drug-likeness (QED) is 0.767. The first-order valence-electron chi connectivity index (χ1n) is 8.94. The average molecular weight is 442 g/mol. The van der Waals surface area contributed by atoms with Crippen molar-refractivity contribution in [3.05, 3.63) is 58.3 Å². The Kier molecular flexibility index (Phi) is 6.60. The predicted molar refractivity (Wildman–Crippen MR) is 109 cm³/mol. The van der Waals surface area contributed by atoms with E-state index in [1.165, 1.54) is 16.4 Å². The highest BCUT2D eigenvalue weighted by Crippen LogP contribution is 2.30. The molecule has 6 nitrogen and oxygen atoms in total. The van der Waals surface area contributed by atoms with Crippen LogP contribution in [0.3, 0.4) is 0 Å². The third-order valence-corrected chi connectivity index (χ3v) is 7.52. The number of hydrogen-bond donors (Lipinski definition) is 1. The molecule has 1 aromatic carbocycles. The number of carbonyl (C=O) groups is 1. The van der Waals surface area contributed by atoms with Gasteiger partial charge in [-0.3, -0.25) is 9.78 Å². The SMILES string of the molecule is CC(NC(=O)C1CCN(S(=O)(=O)c2cc(Cl)ccc2Cl)CC1)c1ccncc1. The third kappa shape index (κ3) is 4.66. The number of carbonyl (C=O) groups excluding carboxylic acids is 1. The molecule has 1 saturated heterocycles. The summed E-state index contributed by atoms with van der Waals surface area (Å²) in [6.45, 7) is 2.42. The molecule has 1 aliphatic rings. The standard InChI is InChI=1S/C19H21Cl2N3O3S/c1-13(14-4-8-22-9-5-14)23-19(25)15-6-10-24(11-7-15)28(26,27)18-12-16(20)2-3-17(18)21/h2-5,8-9,12-13,15H,6-7,10-11H2,1H3,(H,23,25). The largest absolute Gasteiger partial charge is 0.349 e. The molecule has 0 radical (unpaired) electrons. The number of amides is 1. The van der Waals surface area contributed by atoms with Crippen LogP contribution in [0.25, 0.3) is 0 Å². The molecule has 150 valence electrons. The summed E-state index contributed by atoms with van der Waals surface area (Å²) in [5.41, 5.74) is 0.971. The third-order valence-electron chi connectivity index (χ3n) is 4.90. The molecule has 9 heteroatoms. The maximum atomic E-state index is 12.9. The van der Waals surface area contributed by atoms with E-state index in [-0.39, 0.29) is 40.9 Å². The lowest BCUT2D eigenvalue weighted by Gasteiger charge is -2.31. The van der Waals surface area contributed by atoms with Crippen molar-refractivity contribution in [1.29, 1.82) is 0 Å². The molecule has 28 heavy (non-hydrogen) atoms. The minimum atomic E-state index is -3.75. The van der Waals surface area contributed by atoms with Gasteiger partial charge in [0.25, 0.3) is 0 Å². The Hall–Kier alpha value is -1.67. The van der Waals surface area contributed by atoms with Crippen LogP contribution in [-0.2, 0) is 14.8 Å². The number of benzene rings is 1. The van der Waals surface area contributed by atoms with Gasteiger partial charge in [0, 0.05) is 36.4 Å². The highest BCUT2D eigenvalue weighted by molar-refractivity contribution is 7.89. The minimum Gasteiger partial charge on any atom is -0.349 e. The fourth-order valence-corrected chi connectivity index (χ4v) is 5.45. The maximum absolute atomic E-state index is 12.9. The highest BCUT2D eigenvalue weighted by Gasteiger charge is 2.33. The van der Waals surface area contributed by atoms with E-state index < -0.39 is 10.0 Å². The summed E-state index contributed by atoms with van der Waals surface area (Å²) in [4.78, 5) is 16.5. The molecule has 1 amide bonds. The highest BCUT2D eigenvalue weighted by atomic mass is 35.5. The van der Waals surface area contributed by atoms with Gasteiger partial charge in [-0.2, -0.15) is 4.31 Å². The number of nitrogens with one attached hydrogen (secondary N) is 1. The van der Waals surface area contributed by atoms with Gasteiger partial charge < -0.3 is 5.32 Å². The van der Waals surface area contributed by atoms with Crippen LogP contribution < -0.4 is 5.32 Å². The lowest BCUT2D eigenvalue weighted by Crippen LogP contribution is -2.43. The Morgan fingerprint density at radius 3 is 2.46 bits per heavy atom. The molecule has 1 N–H and O–H groups in total. The molecule has 1 unspecified atom stereocenters. The minimum absolute atomic E-state index is 0.00382. The number of pyridine rings is 1. The van der Waals surface area contributed by atoms with Crippen molar-refractivity contribution in [2.45, 2.75) is 30.7 Å². The Morgan fingerprint density at radius 1 is 1.18 bits per heavy atom. The van der Waals surface area contributed by atoms with Crippen LogP contribution in [-0.4, -0.2) is 36.7 Å². The van der Waals surface area contributed by atoms with Crippen molar-refractivity contribution in [2.24, 2.45) is 5.92 Å². The first-order valence-corrected chi connectivity index (χ1v) is 11.1. The second-order valence-corrected chi connectivity index (χ2v) is 9.51. The summed E-state index contributed by atoms with van der Waals surface area (Å²) >= 11 is 12.0. The zero-order valence-corrected chi connectivity index (χ0v) is 17.6. The van der Waals surface area contributed by atoms with Crippen LogP contribution >= 0.6 is 23.2 Å². The van der Waals surface area contributed by atoms with Crippen LogP contribution in [0.2, 0.25) is 10.0 Å². The van der Waals surface area contributed by atoms with Crippen LogP contribution in [0.1, 0.15) is 31.4 Å². The van der Waals surface area contributed by atoms with E-state index in [9.17, 15) is 13.2 Å². The van der Waals surface area contributed by atoms with Gasteiger partial charge in [-0.05, 0) is 55.7 Å². The second-order valence-electron chi connectivity index (χ2n) is 6.76. The molecular formula is C19H21Cl2N3O3S. The molecule has 3 rings (SSSR count). The summed E-state index contributed by atoms with van der Waals surface area (Å²) in [6.07, 6.45) is 4.27. The number of piperidine rings is 1. The van der Waals surface area contributed by atoms with Gasteiger partial charge in [0.05, 0.1) is 11.1 Å². The molecule has 2 aromatic rings. The van der Waals surface area contributed by atoms with Crippen molar-refractivity contribution in [3.63, 3.8) is 0 Å². The maximum Gasteiger partial charge on any atom is 0.244 e. The van der Waals surface area contributed by atoms with Crippen LogP contribution in [0.5, 0.6) is 0 Å². The fraction of sp³-hybridized carbons (Fsp3) is 0.368. The zero-order chi connectivity index (χ0) is 20.3. The molecular weight excluding hydrogens is 421 g/mol. The molecule has 0 spiro atoms. The van der Waals surface area contributed by atoms with E-state index >= 15 is 0 Å². The van der Waals surface area contributed by atoms with Gasteiger partial charge in [-0.15, -0.1) is 0 Å². The van der Waals surface area contributed by atoms with Gasteiger partial charge >= 0.3 is 0 Å². The van der Waals surface area contributed by atoms with E-state index in [1.807, 2.05) is 19.1 Å². The van der Waals surface area contributed by atoms with E-state index in [4.69, 9.17) is 23.2 Å². The molecule has 1 aromatic heterocycles. The van der Waals surface area contributed by atoms with Gasteiger partial charge in [-0.25, -0.2) is 8.42 Å². The summed E-state index contributed by atoms with van der Waals surface area (Å²) in [5, 5.41) is 3.44. The van der Waals surface area contributed by atoms with E-state index in [0.29, 0.717) is 17.9 Å². The number of sulfonamides is 1. The zero-order valence-electron chi connectivity index (χ0n) is 15.3. The van der Waals surface area contributed by atoms with Crippen molar-refractivity contribution in [3.8, 4) is 0 Å². The molecule has 0 aliphatic carbocycles. The Balaban J connectivity index is 1.62. The summed E-state index contributed by atoms with van der Waals surface area (Å²) in [6, 6.07) is 7.95. The topological polar surface area (TPSA) is 79.4 Å². The molecule has 1 fully saturated rings. The number of nitrogens with zero attached hydrogens (tertiary/aromatic N) is 2. The van der Waals surface area contributed by atoms with E-state index in [1.54, 1.807) is 18.5 Å². The van der Waals surface area contributed by atoms with Gasteiger partial charge in [-0.1, -0.05) is 23.2 Å². The first-order chi connectivity index (χ1) is 13.3. The van der Waals surface area contributed by atoms with Gasteiger partial charge in [0.2, 0.25) is 15.9 Å². The summed E-state index contributed by atoms with van der Waals surface area (Å²) < 4.78 is 27.1. The summed E-state index contributed by atoms with van der Waals surface area (Å²) in [7, 11) is -3.75. The fourth-order valence-electron chi connectivity index (χ4n) is 3.24. The van der Waals surface area contributed by atoms with Crippen LogP contribution in [0.4, 0.5) is 0 Å². The Morgan fingerprint density at radius 2 is 1.82 bits per heavy atom. The summed E-state index contributed by atoms with van der Waals surface area (Å²) in [5.74, 6) is -0.298. The Labute approximate surface area is 174 Å². The lowest BCUT2D eigenvalue weighted by molar-refractivity contribution is -0.126. The van der Waals surface area contributed by atoms with Gasteiger partial charge in [0.1, 0.15) is 4.90 Å². The first kappa shape index (κ1) is 21.0. The smallest absolute Gasteiger partial charge is 0.244 e. The van der Waals surface area contributed by atoms with Gasteiger partial charge in [0.15, 0.2) is 0 Å². The van der Waals surface area contributed by atoms with Crippen molar-refractivity contribution < 1.29 is 13.2 Å². The number of hydrogen-bond acceptors (Lipinski definition) is 4. The molecule has 1 atom stereocenters. The predicted octanol–water partition coefficient (Wildman–Crippen LogP) is 3.67. The lowest BCUT2D eigenvalue weighted by atomic mass is 9.96. The molecule has 0 saturated carbocycles. The van der Waals surface area contributed by atoms with E-state index in [0.717, 1.165) is 5.56 Å². The number of rotatable bonds is 5. The van der Waals surface area contributed by atoms with Crippen LogP contribution in [0, 0.1) is 5.92 Å². The van der Waals surface area contributed by atoms with Crippen LogP contribution in [0.15, 0.2) is 47.6 Å². The molecule has 2 heterocycles.